The van der Waals surface area contributed by atoms with Gasteiger partial charge in [0.15, 0.2) is 5.75 Å². The van der Waals surface area contributed by atoms with E-state index >= 15 is 0 Å². The number of aryl methyl sites for hydroxylation is 1. The second kappa shape index (κ2) is 7.89. The number of aliphatic imine (C=N–C) groups is 1. The number of hydrogen-bond donors (Lipinski definition) is 0. The van der Waals surface area contributed by atoms with Gasteiger partial charge in [0, 0.05) is 11.8 Å². The third-order valence-electron chi connectivity index (χ3n) is 4.54. The quantitative estimate of drug-likeness (QED) is 0.320. The normalized spacial score (nSPS) is 11.8. The van der Waals surface area contributed by atoms with Crippen LogP contribution < -0.4 is 4.18 Å². The topological polar surface area (TPSA) is 55.7 Å². The third-order valence-corrected chi connectivity index (χ3v) is 5.79. The standard InChI is InChI=1S/C24H19NO3S/c1-18-11-14-20(15-12-18)25-17-23-22-10-6-5-7-19(22)13-16-24(23)28-29(26,27)21-8-3-2-4-9-21/h2-17H,1H3. The van der Waals surface area contributed by atoms with Gasteiger partial charge in [-0.2, -0.15) is 8.42 Å². The summed E-state index contributed by atoms with van der Waals surface area (Å²) in [5.41, 5.74) is 2.54. The smallest absolute Gasteiger partial charge is 0.339 e. The van der Waals surface area contributed by atoms with Crippen LogP contribution in [-0.4, -0.2) is 14.6 Å². The Labute approximate surface area is 170 Å². The molecule has 4 aromatic carbocycles. The van der Waals surface area contributed by atoms with Crippen molar-refractivity contribution in [2.45, 2.75) is 11.8 Å². The SMILES string of the molecule is Cc1ccc(N=Cc2c(OS(=O)(=O)c3ccccc3)ccc3ccccc23)cc1. The summed E-state index contributed by atoms with van der Waals surface area (Å²) >= 11 is 0. The summed E-state index contributed by atoms with van der Waals surface area (Å²) in [6.07, 6.45) is 1.66. The fourth-order valence-corrected chi connectivity index (χ4v) is 3.97. The van der Waals surface area contributed by atoms with Crippen molar-refractivity contribution in [2.75, 3.05) is 0 Å². The van der Waals surface area contributed by atoms with E-state index in [0.717, 1.165) is 22.0 Å². The van der Waals surface area contributed by atoms with E-state index in [9.17, 15) is 8.42 Å². The molecule has 0 atom stereocenters. The average molecular weight is 401 g/mol. The second-order valence-corrected chi connectivity index (χ2v) is 8.19. The Bertz CT molecular complexity index is 1280. The van der Waals surface area contributed by atoms with Crippen molar-refractivity contribution in [3.63, 3.8) is 0 Å². The highest BCUT2D eigenvalue weighted by atomic mass is 32.2. The molecule has 0 saturated carbocycles. The highest BCUT2D eigenvalue weighted by Gasteiger charge is 2.19. The van der Waals surface area contributed by atoms with E-state index < -0.39 is 10.1 Å². The summed E-state index contributed by atoms with van der Waals surface area (Å²) in [4.78, 5) is 4.64. The third kappa shape index (κ3) is 4.20. The van der Waals surface area contributed by atoms with Crippen LogP contribution in [0.2, 0.25) is 0 Å². The lowest BCUT2D eigenvalue weighted by molar-refractivity contribution is 0.486. The molecular weight excluding hydrogens is 382 g/mol. The summed E-state index contributed by atoms with van der Waals surface area (Å²) < 4.78 is 31.0. The molecule has 0 heterocycles. The molecular formula is C24H19NO3S. The van der Waals surface area contributed by atoms with E-state index in [-0.39, 0.29) is 10.6 Å². The molecule has 4 rings (SSSR count). The monoisotopic (exact) mass is 401 g/mol. The van der Waals surface area contributed by atoms with Crippen molar-refractivity contribution in [2.24, 2.45) is 4.99 Å². The number of benzene rings is 4. The van der Waals surface area contributed by atoms with Crippen LogP contribution in [0.15, 0.2) is 101 Å². The Morgan fingerprint density at radius 1 is 0.793 bits per heavy atom. The van der Waals surface area contributed by atoms with Gasteiger partial charge >= 0.3 is 10.1 Å². The van der Waals surface area contributed by atoms with Crippen molar-refractivity contribution >= 4 is 32.8 Å². The first-order valence-corrected chi connectivity index (χ1v) is 10.6. The molecule has 4 aromatic rings. The lowest BCUT2D eigenvalue weighted by Crippen LogP contribution is -2.11. The van der Waals surface area contributed by atoms with Crippen LogP contribution in [0.5, 0.6) is 5.75 Å². The Hall–Kier alpha value is -3.44. The highest BCUT2D eigenvalue weighted by molar-refractivity contribution is 7.87. The zero-order valence-corrected chi connectivity index (χ0v) is 16.6. The van der Waals surface area contributed by atoms with Crippen LogP contribution in [0.25, 0.3) is 10.8 Å². The van der Waals surface area contributed by atoms with E-state index in [1.165, 1.54) is 12.1 Å². The van der Waals surface area contributed by atoms with Gasteiger partial charge in [-0.25, -0.2) is 0 Å². The predicted molar refractivity (Wildman–Crippen MR) is 117 cm³/mol. The maximum Gasteiger partial charge on any atom is 0.339 e. The maximum absolute atomic E-state index is 12.7. The average Bonchev–Trinajstić information content (AvgIpc) is 2.74. The van der Waals surface area contributed by atoms with Crippen LogP contribution in [0, 0.1) is 6.92 Å². The van der Waals surface area contributed by atoms with E-state index in [1.807, 2.05) is 61.5 Å². The molecule has 0 amide bonds. The Kier molecular flexibility index (Phi) is 5.14. The molecule has 4 nitrogen and oxygen atoms in total. The van der Waals surface area contributed by atoms with Gasteiger partial charge in [0.1, 0.15) is 4.90 Å². The van der Waals surface area contributed by atoms with Gasteiger partial charge in [0.2, 0.25) is 0 Å². The van der Waals surface area contributed by atoms with Gasteiger partial charge in [-0.3, -0.25) is 4.99 Å². The number of nitrogens with zero attached hydrogens (tertiary/aromatic N) is 1. The summed E-state index contributed by atoms with van der Waals surface area (Å²) in [5, 5.41) is 1.84. The van der Waals surface area contributed by atoms with E-state index in [4.69, 9.17) is 4.18 Å². The molecule has 0 fully saturated rings. The zero-order valence-electron chi connectivity index (χ0n) is 15.8. The molecule has 0 aliphatic rings. The van der Waals surface area contributed by atoms with E-state index in [2.05, 4.69) is 4.99 Å². The predicted octanol–water partition coefficient (Wildman–Crippen LogP) is 5.67. The van der Waals surface area contributed by atoms with Crippen LogP contribution in [0.4, 0.5) is 5.69 Å². The summed E-state index contributed by atoms with van der Waals surface area (Å²) in [5.74, 6) is 0.239. The van der Waals surface area contributed by atoms with E-state index in [0.29, 0.717) is 5.56 Å². The number of rotatable bonds is 5. The molecule has 0 aromatic heterocycles. The molecule has 0 unspecified atom stereocenters. The summed E-state index contributed by atoms with van der Waals surface area (Å²) in [6, 6.07) is 27.1. The summed E-state index contributed by atoms with van der Waals surface area (Å²) in [6.45, 7) is 2.01. The Morgan fingerprint density at radius 3 is 2.24 bits per heavy atom. The highest BCUT2D eigenvalue weighted by Crippen LogP contribution is 2.29. The minimum absolute atomic E-state index is 0.106. The van der Waals surface area contributed by atoms with Crippen LogP contribution >= 0.6 is 0 Å². The van der Waals surface area contributed by atoms with Crippen molar-refractivity contribution in [3.8, 4) is 5.75 Å². The van der Waals surface area contributed by atoms with E-state index in [1.54, 1.807) is 30.5 Å². The largest absolute Gasteiger partial charge is 0.378 e. The Balaban J connectivity index is 1.80. The van der Waals surface area contributed by atoms with Gasteiger partial charge in [-0.15, -0.1) is 0 Å². The Morgan fingerprint density at radius 2 is 1.48 bits per heavy atom. The molecule has 0 bridgehead atoms. The van der Waals surface area contributed by atoms with Gasteiger partial charge < -0.3 is 4.18 Å². The lowest BCUT2D eigenvalue weighted by atomic mass is 10.0. The maximum atomic E-state index is 12.7. The molecule has 0 spiro atoms. The van der Waals surface area contributed by atoms with Gasteiger partial charge in [0.05, 0.1) is 5.69 Å². The molecule has 0 radical (unpaired) electrons. The van der Waals surface area contributed by atoms with Crippen molar-refractivity contribution < 1.29 is 12.6 Å². The number of fused-ring (bicyclic) bond motifs is 1. The van der Waals surface area contributed by atoms with Gasteiger partial charge in [-0.05, 0) is 48.0 Å². The van der Waals surface area contributed by atoms with Crippen LogP contribution in [-0.2, 0) is 10.1 Å². The second-order valence-electron chi connectivity index (χ2n) is 6.64. The number of hydrogen-bond acceptors (Lipinski definition) is 4. The lowest BCUT2D eigenvalue weighted by Gasteiger charge is -2.12. The van der Waals surface area contributed by atoms with Crippen molar-refractivity contribution in [1.29, 1.82) is 0 Å². The first kappa shape index (κ1) is 18.9. The van der Waals surface area contributed by atoms with Crippen molar-refractivity contribution in [1.82, 2.24) is 0 Å². The van der Waals surface area contributed by atoms with Crippen LogP contribution in [0.1, 0.15) is 11.1 Å². The molecule has 0 N–H and O–H groups in total. The summed E-state index contributed by atoms with van der Waals surface area (Å²) in [7, 11) is -3.95. The minimum atomic E-state index is -3.95. The van der Waals surface area contributed by atoms with Gasteiger partial charge in [0.25, 0.3) is 0 Å². The molecule has 144 valence electrons. The fraction of sp³-hybridized carbons (Fsp3) is 0.0417. The first-order chi connectivity index (χ1) is 14.0. The van der Waals surface area contributed by atoms with Gasteiger partial charge in [-0.1, -0.05) is 66.2 Å². The zero-order chi connectivity index (χ0) is 20.3. The first-order valence-electron chi connectivity index (χ1n) is 9.15. The molecule has 5 heteroatoms. The minimum Gasteiger partial charge on any atom is -0.378 e. The molecule has 0 saturated heterocycles. The fourth-order valence-electron chi connectivity index (χ4n) is 3.00. The molecule has 0 aliphatic heterocycles. The van der Waals surface area contributed by atoms with Crippen LogP contribution in [0.3, 0.4) is 0 Å². The molecule has 0 aliphatic carbocycles. The van der Waals surface area contributed by atoms with Crippen molar-refractivity contribution in [3.05, 3.63) is 102 Å². The molecule has 29 heavy (non-hydrogen) atoms.